The van der Waals surface area contributed by atoms with Crippen molar-refractivity contribution in [3.8, 4) is 5.75 Å². The summed E-state index contributed by atoms with van der Waals surface area (Å²) in [6.45, 7) is 0. The van der Waals surface area contributed by atoms with Crippen molar-refractivity contribution in [2.75, 3.05) is 5.73 Å². The maximum atomic E-state index is 8.97. The van der Waals surface area contributed by atoms with Crippen LogP contribution in [0.3, 0.4) is 0 Å². The number of nitrogen functional groups attached to an aromatic ring is 1. The molecular formula is C6H6AsCl2NO. The van der Waals surface area contributed by atoms with E-state index in [1.165, 1.54) is 12.1 Å². The number of aromatic hydroxyl groups is 1. The van der Waals surface area contributed by atoms with E-state index in [0.717, 1.165) is 4.35 Å². The molecule has 0 atom stereocenters. The molecule has 11 heavy (non-hydrogen) atoms. The zero-order chi connectivity index (χ0) is 8.43. The molecule has 1 rings (SSSR count). The number of phenolic OH excluding ortho intramolecular Hbond substituents is 1. The van der Waals surface area contributed by atoms with E-state index in [0.29, 0.717) is 5.69 Å². The number of anilines is 1. The third kappa shape index (κ3) is 2.19. The van der Waals surface area contributed by atoms with Gasteiger partial charge in [-0.15, -0.1) is 0 Å². The molecule has 2 nitrogen and oxygen atoms in total. The Labute approximate surface area is 77.5 Å². The van der Waals surface area contributed by atoms with Gasteiger partial charge in [-0.1, -0.05) is 0 Å². The van der Waals surface area contributed by atoms with Crippen LogP contribution >= 0.6 is 19.9 Å². The third-order valence-corrected chi connectivity index (χ3v) is 4.70. The first kappa shape index (κ1) is 9.05. The summed E-state index contributed by atoms with van der Waals surface area (Å²) in [4.78, 5) is 0. The molecule has 0 amide bonds. The van der Waals surface area contributed by atoms with Crippen molar-refractivity contribution in [1.29, 1.82) is 0 Å². The second-order valence-corrected chi connectivity index (χ2v) is 8.38. The molecule has 0 heterocycles. The van der Waals surface area contributed by atoms with Crippen LogP contribution in [0.1, 0.15) is 0 Å². The molecule has 0 aliphatic carbocycles. The fraction of sp³-hybridized carbons (Fsp3) is 0. The minimum atomic E-state index is -1.94. The molecule has 0 radical (unpaired) electrons. The second-order valence-electron chi connectivity index (χ2n) is 1.98. The van der Waals surface area contributed by atoms with Crippen LogP contribution in [0.25, 0.3) is 0 Å². The van der Waals surface area contributed by atoms with Gasteiger partial charge in [-0.05, 0) is 0 Å². The van der Waals surface area contributed by atoms with Crippen molar-refractivity contribution in [3.63, 3.8) is 0 Å². The summed E-state index contributed by atoms with van der Waals surface area (Å²) in [7, 11) is 11.4. The van der Waals surface area contributed by atoms with Gasteiger partial charge in [0, 0.05) is 0 Å². The van der Waals surface area contributed by atoms with Gasteiger partial charge in [-0.3, -0.25) is 0 Å². The summed E-state index contributed by atoms with van der Waals surface area (Å²) in [5.74, 6) is 0.135. The molecule has 0 aliphatic rings. The maximum absolute atomic E-state index is 8.97. The zero-order valence-corrected chi connectivity index (χ0v) is 8.85. The van der Waals surface area contributed by atoms with Gasteiger partial charge >= 0.3 is 77.5 Å². The molecular weight excluding hydrogens is 248 g/mol. The molecule has 0 saturated carbocycles. The summed E-state index contributed by atoms with van der Waals surface area (Å²) in [5.41, 5.74) is 6.00. The fourth-order valence-corrected chi connectivity index (χ4v) is 3.23. The molecule has 5 heteroatoms. The molecule has 0 bridgehead atoms. The van der Waals surface area contributed by atoms with Crippen LogP contribution in [0.15, 0.2) is 18.2 Å². The number of phenols is 1. The number of nitrogens with two attached hydrogens (primary N) is 1. The molecule has 0 unspecified atom stereocenters. The summed E-state index contributed by atoms with van der Waals surface area (Å²) < 4.78 is 0.763. The van der Waals surface area contributed by atoms with Crippen molar-refractivity contribution in [1.82, 2.24) is 0 Å². The van der Waals surface area contributed by atoms with E-state index in [2.05, 4.69) is 0 Å². The zero-order valence-electron chi connectivity index (χ0n) is 5.46. The monoisotopic (exact) mass is 253 g/mol. The fourth-order valence-electron chi connectivity index (χ4n) is 0.696. The summed E-state index contributed by atoms with van der Waals surface area (Å²) in [6, 6.07) is 4.63. The molecule has 1 aromatic rings. The van der Waals surface area contributed by atoms with Crippen LogP contribution in [0.5, 0.6) is 5.75 Å². The first-order valence-electron chi connectivity index (χ1n) is 2.81. The Balaban J connectivity index is 3.09. The van der Waals surface area contributed by atoms with Crippen molar-refractivity contribution in [2.45, 2.75) is 0 Å². The number of hydrogen-bond donors (Lipinski definition) is 2. The quantitative estimate of drug-likeness (QED) is 0.583. The summed E-state index contributed by atoms with van der Waals surface area (Å²) >= 11 is -1.94. The molecule has 0 aromatic heterocycles. The van der Waals surface area contributed by atoms with Crippen LogP contribution in [0, 0.1) is 0 Å². The Morgan fingerprint density at radius 2 is 2.00 bits per heavy atom. The van der Waals surface area contributed by atoms with E-state index in [1.54, 1.807) is 6.07 Å². The number of hydrogen-bond acceptors (Lipinski definition) is 2. The van der Waals surface area contributed by atoms with Gasteiger partial charge < -0.3 is 0 Å². The average Bonchev–Trinajstić information content (AvgIpc) is 1.85. The van der Waals surface area contributed by atoms with Crippen molar-refractivity contribution in [2.24, 2.45) is 0 Å². The topological polar surface area (TPSA) is 46.2 Å². The molecule has 0 saturated heterocycles. The van der Waals surface area contributed by atoms with Gasteiger partial charge in [0.15, 0.2) is 0 Å². The van der Waals surface area contributed by atoms with Crippen molar-refractivity contribution in [3.05, 3.63) is 18.2 Å². The number of halogens is 2. The van der Waals surface area contributed by atoms with E-state index < -0.39 is 12.8 Å². The average molecular weight is 254 g/mol. The predicted molar refractivity (Wildman–Crippen MR) is 49.6 cm³/mol. The van der Waals surface area contributed by atoms with Gasteiger partial charge in [0.25, 0.3) is 0 Å². The van der Waals surface area contributed by atoms with E-state index in [9.17, 15) is 0 Å². The second kappa shape index (κ2) is 3.57. The Hall–Kier alpha value is -0.0416. The van der Waals surface area contributed by atoms with Crippen LogP contribution in [-0.4, -0.2) is 17.9 Å². The summed E-state index contributed by atoms with van der Waals surface area (Å²) in [6.07, 6.45) is 0. The van der Waals surface area contributed by atoms with Gasteiger partial charge in [-0.25, -0.2) is 0 Å². The normalized spacial score (nSPS) is 10.5. The van der Waals surface area contributed by atoms with Crippen LogP contribution in [-0.2, 0) is 0 Å². The van der Waals surface area contributed by atoms with Crippen LogP contribution in [0.2, 0.25) is 0 Å². The molecule has 0 spiro atoms. The third-order valence-electron chi connectivity index (χ3n) is 1.19. The van der Waals surface area contributed by atoms with Gasteiger partial charge in [0.05, 0.1) is 0 Å². The minimum absolute atomic E-state index is 0.135. The van der Waals surface area contributed by atoms with E-state index in [4.69, 9.17) is 30.7 Å². The predicted octanol–water partition coefficient (Wildman–Crippen LogP) is 1.15. The number of rotatable bonds is 1. The molecule has 0 fully saturated rings. The van der Waals surface area contributed by atoms with Crippen molar-refractivity contribution < 1.29 is 5.11 Å². The van der Waals surface area contributed by atoms with Crippen LogP contribution in [0.4, 0.5) is 5.69 Å². The van der Waals surface area contributed by atoms with Gasteiger partial charge in [-0.2, -0.15) is 0 Å². The summed E-state index contributed by atoms with van der Waals surface area (Å²) in [5, 5.41) is 8.97. The van der Waals surface area contributed by atoms with E-state index in [1.807, 2.05) is 0 Å². The standard InChI is InChI=1S/C6H6AsCl2NO/c8-7(9)5-2-1-4(11)3-6(5)10/h1-3,11H,10H2. The Kier molecular flexibility index (Phi) is 2.94. The Morgan fingerprint density at radius 3 is 2.45 bits per heavy atom. The molecule has 60 valence electrons. The van der Waals surface area contributed by atoms with E-state index >= 15 is 0 Å². The van der Waals surface area contributed by atoms with E-state index in [-0.39, 0.29) is 5.75 Å². The Bertz CT molecular complexity index is 267. The van der Waals surface area contributed by atoms with Crippen molar-refractivity contribution >= 4 is 42.7 Å². The molecule has 1 aromatic carbocycles. The Morgan fingerprint density at radius 1 is 1.36 bits per heavy atom. The van der Waals surface area contributed by atoms with Gasteiger partial charge in [0.2, 0.25) is 0 Å². The first-order valence-corrected chi connectivity index (χ1v) is 8.68. The molecule has 0 aliphatic heterocycles. The number of benzene rings is 1. The SMILES string of the molecule is Nc1cc(O)ccc1[As](Cl)Cl. The van der Waals surface area contributed by atoms with Gasteiger partial charge in [0.1, 0.15) is 0 Å². The van der Waals surface area contributed by atoms with Crippen LogP contribution < -0.4 is 10.1 Å². The first-order chi connectivity index (χ1) is 5.11. The molecule has 3 N–H and O–H groups in total.